The van der Waals surface area contributed by atoms with Crippen LogP contribution < -0.4 is 10.3 Å². The molecule has 98 valence electrons. The van der Waals surface area contributed by atoms with E-state index in [1.54, 1.807) is 0 Å². The molecule has 0 aromatic heterocycles. The average Bonchev–Trinajstić information content (AvgIpc) is 2.18. The van der Waals surface area contributed by atoms with Gasteiger partial charge in [0.05, 0.1) is 0 Å². The Bertz CT molecular complexity index is 519. The Kier molecular flexibility index (Phi) is 6.38. The van der Waals surface area contributed by atoms with Gasteiger partial charge in [0.15, 0.2) is 21.2 Å². The van der Waals surface area contributed by atoms with Crippen LogP contribution in [0.4, 0.5) is 0 Å². The molecule has 0 aliphatic carbocycles. The van der Waals surface area contributed by atoms with Crippen LogP contribution in [0.25, 0.3) is 0 Å². The summed E-state index contributed by atoms with van der Waals surface area (Å²) >= 11 is -1.01. The normalized spacial score (nSPS) is 10.7. The Morgan fingerprint density at radius 3 is 1.76 bits per heavy atom. The SMILES string of the molecule is Cc1cc(I=O)c(C)c(C)c1C.NS(N)(=O)=O. The molecule has 1 aromatic rings. The molecule has 5 nitrogen and oxygen atoms in total. The Labute approximate surface area is 112 Å². The molecular weight excluding hydrogens is 355 g/mol. The molecule has 1 aromatic carbocycles. The van der Waals surface area contributed by atoms with Crippen LogP contribution in [0.3, 0.4) is 0 Å². The van der Waals surface area contributed by atoms with Crippen LogP contribution in [0.15, 0.2) is 6.07 Å². The second-order valence-electron chi connectivity index (χ2n) is 3.72. The monoisotopic (exact) mass is 372 g/mol. The third-order valence-corrected chi connectivity index (χ3v) is 4.10. The van der Waals surface area contributed by atoms with Gasteiger partial charge in [0.2, 0.25) is 0 Å². The summed E-state index contributed by atoms with van der Waals surface area (Å²) in [5, 5.41) is 8.21. The summed E-state index contributed by atoms with van der Waals surface area (Å²) < 4.78 is 30.3. The molecule has 0 amide bonds. The fraction of sp³-hybridized carbons (Fsp3) is 0.400. The van der Waals surface area contributed by atoms with Gasteiger partial charge >= 0.3 is 0 Å². The second kappa shape index (κ2) is 6.53. The van der Waals surface area contributed by atoms with Crippen molar-refractivity contribution in [2.75, 3.05) is 0 Å². The fourth-order valence-electron chi connectivity index (χ4n) is 1.24. The van der Waals surface area contributed by atoms with E-state index in [2.05, 4.69) is 44.0 Å². The minimum atomic E-state index is -3.67. The number of aryl methyl sites for hydroxylation is 1. The molecule has 0 heterocycles. The van der Waals surface area contributed by atoms with Crippen molar-refractivity contribution in [2.24, 2.45) is 10.3 Å². The number of benzene rings is 1. The minimum absolute atomic E-state index is 1.01. The topological polar surface area (TPSA) is 103 Å². The molecule has 0 saturated carbocycles. The van der Waals surface area contributed by atoms with E-state index in [0.717, 1.165) is 3.57 Å². The predicted molar refractivity (Wildman–Crippen MR) is 76.1 cm³/mol. The van der Waals surface area contributed by atoms with Gasteiger partial charge in [0.25, 0.3) is 10.2 Å². The summed E-state index contributed by atoms with van der Waals surface area (Å²) in [6.45, 7) is 8.34. The van der Waals surface area contributed by atoms with Gasteiger partial charge in [-0.3, -0.25) is 3.07 Å². The maximum absolute atomic E-state index is 10.9. The number of hydrogen-bond donors (Lipinski definition) is 2. The van der Waals surface area contributed by atoms with Crippen LogP contribution in [-0.2, 0) is 13.3 Å². The molecule has 0 fully saturated rings. The first-order chi connectivity index (χ1) is 7.57. The third-order valence-electron chi connectivity index (χ3n) is 2.50. The molecular formula is C10H17IN2O3S. The number of nitrogens with two attached hydrogens (primary N) is 2. The van der Waals surface area contributed by atoms with E-state index in [0.29, 0.717) is 0 Å². The van der Waals surface area contributed by atoms with Crippen LogP contribution in [0.1, 0.15) is 22.3 Å². The lowest BCUT2D eigenvalue weighted by atomic mass is 10.0. The molecule has 0 unspecified atom stereocenters. The molecule has 0 spiro atoms. The summed E-state index contributed by atoms with van der Waals surface area (Å²) in [5.74, 6) is 0. The molecule has 0 aliphatic rings. The highest BCUT2D eigenvalue weighted by Gasteiger charge is 2.06. The highest BCUT2D eigenvalue weighted by molar-refractivity contribution is 14.1. The van der Waals surface area contributed by atoms with Crippen LogP contribution in [0.2, 0.25) is 0 Å². The Morgan fingerprint density at radius 1 is 1.00 bits per heavy atom. The molecule has 0 radical (unpaired) electrons. The van der Waals surface area contributed by atoms with E-state index in [-0.39, 0.29) is 0 Å². The van der Waals surface area contributed by atoms with E-state index in [1.807, 2.05) is 0 Å². The summed E-state index contributed by atoms with van der Waals surface area (Å²) in [6, 6.07) is 2.05. The third kappa shape index (κ3) is 6.20. The first kappa shape index (κ1) is 16.6. The standard InChI is InChI=1S/C10H13IO.H4N2O2S/c1-6-5-10(11-12)9(4)8(3)7(6)2;1-5(2,3)4/h5H,1-4H3;(H4,1,2,3,4). The lowest BCUT2D eigenvalue weighted by Crippen LogP contribution is -2.21. The zero-order valence-corrected chi connectivity index (χ0v) is 13.2. The largest absolute Gasteiger partial charge is 0.271 e. The quantitative estimate of drug-likeness (QED) is 0.731. The fourth-order valence-corrected chi connectivity index (χ4v) is 2.57. The molecule has 0 bridgehead atoms. The molecule has 17 heavy (non-hydrogen) atoms. The Morgan fingerprint density at radius 2 is 1.41 bits per heavy atom. The van der Waals surface area contributed by atoms with Crippen LogP contribution in [0.5, 0.6) is 0 Å². The van der Waals surface area contributed by atoms with E-state index in [1.165, 1.54) is 22.3 Å². The van der Waals surface area contributed by atoms with Crippen molar-refractivity contribution >= 4 is 31.4 Å². The van der Waals surface area contributed by atoms with E-state index >= 15 is 0 Å². The first-order valence-electron chi connectivity index (χ1n) is 4.73. The maximum Gasteiger partial charge on any atom is 0.271 e. The first-order valence-corrected chi connectivity index (χ1v) is 8.29. The lowest BCUT2D eigenvalue weighted by molar-refractivity contribution is 0.599. The summed E-state index contributed by atoms with van der Waals surface area (Å²) in [6.07, 6.45) is 0. The zero-order valence-electron chi connectivity index (χ0n) is 10.2. The van der Waals surface area contributed by atoms with E-state index < -0.39 is 31.4 Å². The van der Waals surface area contributed by atoms with Gasteiger partial charge in [0.1, 0.15) is 0 Å². The predicted octanol–water partition coefficient (Wildman–Crippen LogP) is 1.55. The summed E-state index contributed by atoms with van der Waals surface area (Å²) in [7, 11) is -3.67. The van der Waals surface area contributed by atoms with Crippen molar-refractivity contribution in [3.63, 3.8) is 0 Å². The maximum atomic E-state index is 10.9. The van der Waals surface area contributed by atoms with Crippen LogP contribution in [-0.4, -0.2) is 8.42 Å². The van der Waals surface area contributed by atoms with Crippen molar-refractivity contribution in [1.82, 2.24) is 0 Å². The van der Waals surface area contributed by atoms with E-state index in [4.69, 9.17) is 0 Å². The van der Waals surface area contributed by atoms with E-state index in [9.17, 15) is 11.5 Å². The zero-order chi connectivity index (χ0) is 13.8. The number of halogens is 1. The average molecular weight is 372 g/mol. The van der Waals surface area contributed by atoms with Crippen molar-refractivity contribution in [3.05, 3.63) is 31.9 Å². The molecule has 7 heteroatoms. The minimum Gasteiger partial charge on any atom is -0.265 e. The van der Waals surface area contributed by atoms with Gasteiger partial charge in [0, 0.05) is 3.57 Å². The smallest absolute Gasteiger partial charge is 0.265 e. The number of hydrogen-bond acceptors (Lipinski definition) is 3. The Hall–Kier alpha value is -0.380. The second-order valence-corrected chi connectivity index (χ2v) is 6.50. The van der Waals surface area contributed by atoms with Gasteiger partial charge in [-0.2, -0.15) is 8.42 Å². The van der Waals surface area contributed by atoms with Gasteiger partial charge < -0.3 is 0 Å². The van der Waals surface area contributed by atoms with Crippen molar-refractivity contribution in [1.29, 1.82) is 0 Å². The summed E-state index contributed by atoms with van der Waals surface area (Å²) in [4.78, 5) is 0. The highest BCUT2D eigenvalue weighted by atomic mass is 127. The van der Waals surface area contributed by atoms with Crippen LogP contribution in [0, 0.1) is 31.3 Å². The Balaban J connectivity index is 0.000000437. The summed E-state index contributed by atoms with van der Waals surface area (Å²) in [5.41, 5.74) is 5.08. The van der Waals surface area contributed by atoms with Crippen molar-refractivity contribution in [3.8, 4) is 0 Å². The molecule has 1 rings (SSSR count). The molecule has 4 N–H and O–H groups in total. The van der Waals surface area contributed by atoms with Gasteiger partial charge in [-0.15, -0.1) is 0 Å². The number of rotatable bonds is 1. The van der Waals surface area contributed by atoms with Crippen molar-refractivity contribution < 1.29 is 11.5 Å². The van der Waals surface area contributed by atoms with Gasteiger partial charge in [-0.25, -0.2) is 10.3 Å². The highest BCUT2D eigenvalue weighted by Crippen LogP contribution is 2.24. The lowest BCUT2D eigenvalue weighted by Gasteiger charge is -2.09. The molecule has 0 saturated heterocycles. The molecule has 0 aliphatic heterocycles. The van der Waals surface area contributed by atoms with Crippen LogP contribution >= 0.6 is 21.2 Å². The van der Waals surface area contributed by atoms with Gasteiger partial charge in [-0.1, -0.05) is 0 Å². The van der Waals surface area contributed by atoms with Crippen molar-refractivity contribution in [2.45, 2.75) is 27.7 Å². The van der Waals surface area contributed by atoms with Gasteiger partial charge in [-0.05, 0) is 56.0 Å². The molecule has 0 atom stereocenters.